The molecule has 0 N–H and O–H groups in total. The molecule has 0 bridgehead atoms. The average Bonchev–Trinajstić information content (AvgIpc) is 2.76. The van der Waals surface area contributed by atoms with Crippen molar-refractivity contribution in [1.29, 1.82) is 0 Å². The van der Waals surface area contributed by atoms with E-state index in [1.54, 1.807) is 0 Å². The van der Waals surface area contributed by atoms with Crippen molar-refractivity contribution in [2.75, 3.05) is 19.8 Å². The van der Waals surface area contributed by atoms with Gasteiger partial charge < -0.3 is 13.3 Å². The molecule has 4 heteroatoms. The quantitative estimate of drug-likeness (QED) is 0.0822. The van der Waals surface area contributed by atoms with Crippen LogP contribution in [0.1, 0.15) is 137 Å². The van der Waals surface area contributed by atoms with Crippen LogP contribution in [0.3, 0.4) is 0 Å². The second-order valence-corrected chi connectivity index (χ2v) is 11.6. The van der Waals surface area contributed by atoms with Gasteiger partial charge >= 0.3 is 8.80 Å². The minimum absolute atomic E-state index is 0.434. The van der Waals surface area contributed by atoms with Crippen LogP contribution in [0, 0.1) is 0 Å². The highest BCUT2D eigenvalue weighted by Gasteiger charge is 2.47. The third-order valence-electron chi connectivity index (χ3n) is 6.09. The fourth-order valence-electron chi connectivity index (χ4n) is 4.35. The molecule has 1 unspecified atom stereocenters. The summed E-state index contributed by atoms with van der Waals surface area (Å²) in [6, 6.07) is 0. The summed E-state index contributed by atoms with van der Waals surface area (Å²) in [5.41, 5.74) is 0.434. The highest BCUT2D eigenvalue weighted by atomic mass is 28.4. The minimum Gasteiger partial charge on any atom is -0.374 e. The van der Waals surface area contributed by atoms with Crippen molar-refractivity contribution in [3.8, 4) is 0 Å². The third kappa shape index (κ3) is 16.1. The first-order valence-electron chi connectivity index (χ1n) is 13.8. The zero-order valence-corrected chi connectivity index (χ0v) is 22.9. The highest BCUT2D eigenvalue weighted by molar-refractivity contribution is 6.62. The van der Waals surface area contributed by atoms with E-state index in [1.807, 2.05) is 0 Å². The molecule has 186 valence electrons. The van der Waals surface area contributed by atoms with Gasteiger partial charge in [-0.2, -0.15) is 0 Å². The molecule has 0 amide bonds. The molecule has 0 spiro atoms. The van der Waals surface area contributed by atoms with Gasteiger partial charge in [-0.3, -0.25) is 0 Å². The van der Waals surface area contributed by atoms with Crippen molar-refractivity contribution in [3.05, 3.63) is 12.2 Å². The fraction of sp³-hybridized carbons (Fsp3) is 0.926. The van der Waals surface area contributed by atoms with Crippen LogP contribution in [0.15, 0.2) is 12.2 Å². The van der Waals surface area contributed by atoms with E-state index in [0.29, 0.717) is 25.4 Å². The maximum atomic E-state index is 6.13. The summed E-state index contributed by atoms with van der Waals surface area (Å²) in [6.45, 7) is 12.7. The first-order chi connectivity index (χ1) is 15.2. The van der Waals surface area contributed by atoms with E-state index >= 15 is 0 Å². The van der Waals surface area contributed by atoms with E-state index in [4.69, 9.17) is 13.3 Å². The lowest BCUT2D eigenvalue weighted by Gasteiger charge is -2.35. The molecule has 0 saturated heterocycles. The number of hydrogen-bond acceptors (Lipinski definition) is 3. The maximum absolute atomic E-state index is 6.13. The topological polar surface area (TPSA) is 27.7 Å². The Labute approximate surface area is 197 Å². The normalized spacial score (nSPS) is 13.3. The molecular weight excluding hydrogens is 400 g/mol. The lowest BCUT2D eigenvalue weighted by atomic mass is 10.1. The molecule has 0 fully saturated rings. The molecule has 0 aliphatic rings. The molecule has 1 atom stereocenters. The Bertz CT molecular complexity index is 370. The van der Waals surface area contributed by atoms with Crippen molar-refractivity contribution in [3.63, 3.8) is 0 Å². The Morgan fingerprint density at radius 3 is 1.39 bits per heavy atom. The standard InChI is InChI=1S/C27H56O3Si/c1-6-11-12-13-14-15-16-17-18-19-20-21-22-23-24-25-26-27(7-2)31(28-8-3,29-9-4)30-10-5/h17-18,27H,6-16,19-26H2,1-5H3/b18-17-. The molecule has 0 aliphatic carbocycles. The SMILES string of the molecule is CCCCCCCC/C=C\CCCCCCCCC(CC)[Si](OCC)(OCC)OCC. The van der Waals surface area contributed by atoms with E-state index in [1.165, 1.54) is 96.3 Å². The molecule has 0 radical (unpaired) electrons. The third-order valence-corrected chi connectivity index (χ3v) is 9.86. The monoisotopic (exact) mass is 456 g/mol. The van der Waals surface area contributed by atoms with Gasteiger partial charge in [0.05, 0.1) is 0 Å². The first-order valence-corrected chi connectivity index (χ1v) is 15.6. The van der Waals surface area contributed by atoms with E-state index in [-0.39, 0.29) is 0 Å². The van der Waals surface area contributed by atoms with Crippen molar-refractivity contribution in [2.45, 2.75) is 143 Å². The van der Waals surface area contributed by atoms with Gasteiger partial charge in [0.1, 0.15) is 0 Å². The van der Waals surface area contributed by atoms with E-state index in [0.717, 1.165) is 6.42 Å². The van der Waals surface area contributed by atoms with E-state index in [2.05, 4.69) is 46.8 Å². The van der Waals surface area contributed by atoms with E-state index in [9.17, 15) is 0 Å². The van der Waals surface area contributed by atoms with Crippen LogP contribution in [-0.4, -0.2) is 28.6 Å². The molecule has 0 aromatic carbocycles. The Morgan fingerprint density at radius 1 is 0.548 bits per heavy atom. The van der Waals surface area contributed by atoms with Crippen molar-refractivity contribution >= 4 is 8.80 Å². The number of allylic oxidation sites excluding steroid dienone is 2. The average molecular weight is 457 g/mol. The summed E-state index contributed by atoms with van der Waals surface area (Å²) in [5.74, 6) is 0. The van der Waals surface area contributed by atoms with Crippen LogP contribution in [-0.2, 0) is 13.3 Å². The Hall–Kier alpha value is -0.163. The lowest BCUT2D eigenvalue weighted by molar-refractivity contribution is 0.0588. The minimum atomic E-state index is -2.54. The van der Waals surface area contributed by atoms with Crippen LogP contribution in [0.25, 0.3) is 0 Å². The second kappa shape index (κ2) is 23.0. The molecule has 0 aliphatic heterocycles. The fourth-order valence-corrected chi connectivity index (χ4v) is 7.57. The highest BCUT2D eigenvalue weighted by Crippen LogP contribution is 2.34. The van der Waals surface area contributed by atoms with Gasteiger partial charge in [0.2, 0.25) is 0 Å². The van der Waals surface area contributed by atoms with Gasteiger partial charge in [-0.25, -0.2) is 0 Å². The van der Waals surface area contributed by atoms with Gasteiger partial charge in [0.15, 0.2) is 0 Å². The Morgan fingerprint density at radius 2 is 0.968 bits per heavy atom. The van der Waals surface area contributed by atoms with E-state index < -0.39 is 8.80 Å². The predicted molar refractivity (Wildman–Crippen MR) is 139 cm³/mol. The summed E-state index contributed by atoms with van der Waals surface area (Å²) in [7, 11) is -2.54. The summed E-state index contributed by atoms with van der Waals surface area (Å²) < 4.78 is 18.4. The number of rotatable bonds is 24. The molecule has 0 rings (SSSR count). The summed E-state index contributed by atoms with van der Waals surface area (Å²) >= 11 is 0. The Balaban J connectivity index is 3.82. The van der Waals surface area contributed by atoms with Crippen LogP contribution in [0.4, 0.5) is 0 Å². The zero-order chi connectivity index (χ0) is 23.0. The van der Waals surface area contributed by atoms with Crippen LogP contribution in [0.5, 0.6) is 0 Å². The summed E-state index contributed by atoms with van der Waals surface area (Å²) in [4.78, 5) is 0. The molecule has 0 aromatic heterocycles. The molecule has 31 heavy (non-hydrogen) atoms. The zero-order valence-electron chi connectivity index (χ0n) is 21.9. The van der Waals surface area contributed by atoms with Crippen LogP contribution < -0.4 is 0 Å². The van der Waals surface area contributed by atoms with Crippen molar-refractivity contribution in [2.24, 2.45) is 0 Å². The Kier molecular flexibility index (Phi) is 22.9. The molecular formula is C27H56O3Si. The van der Waals surface area contributed by atoms with Gasteiger partial charge in [-0.05, 0) is 59.3 Å². The summed E-state index contributed by atoms with van der Waals surface area (Å²) in [5, 5.41) is 0. The number of hydrogen-bond donors (Lipinski definition) is 0. The number of unbranched alkanes of at least 4 members (excludes halogenated alkanes) is 12. The summed E-state index contributed by atoms with van der Waals surface area (Å²) in [6.07, 6.45) is 26.0. The molecule has 0 heterocycles. The predicted octanol–water partition coefficient (Wildman–Crippen LogP) is 9.24. The van der Waals surface area contributed by atoms with Crippen molar-refractivity contribution < 1.29 is 13.3 Å². The smallest absolute Gasteiger partial charge is 0.374 e. The van der Waals surface area contributed by atoms with Gasteiger partial charge in [0, 0.05) is 25.4 Å². The molecule has 3 nitrogen and oxygen atoms in total. The van der Waals surface area contributed by atoms with Gasteiger partial charge in [0.25, 0.3) is 0 Å². The second-order valence-electron chi connectivity index (χ2n) is 8.73. The molecule has 0 aromatic rings. The van der Waals surface area contributed by atoms with Crippen molar-refractivity contribution in [1.82, 2.24) is 0 Å². The maximum Gasteiger partial charge on any atom is 0.504 e. The van der Waals surface area contributed by atoms with Gasteiger partial charge in [-0.15, -0.1) is 0 Å². The lowest BCUT2D eigenvalue weighted by Crippen LogP contribution is -2.50. The largest absolute Gasteiger partial charge is 0.504 e. The first kappa shape index (κ1) is 30.8. The molecule has 0 saturated carbocycles. The van der Waals surface area contributed by atoms with Crippen LogP contribution in [0.2, 0.25) is 5.54 Å². The van der Waals surface area contributed by atoms with Gasteiger partial charge in [-0.1, -0.05) is 90.2 Å². The van der Waals surface area contributed by atoms with Crippen LogP contribution >= 0.6 is 0 Å².